The van der Waals surface area contributed by atoms with E-state index < -0.39 is 0 Å². The summed E-state index contributed by atoms with van der Waals surface area (Å²) in [6.45, 7) is 13.5. The minimum absolute atomic E-state index is 0.188. The van der Waals surface area contributed by atoms with Crippen molar-refractivity contribution in [1.82, 2.24) is 0 Å². The predicted octanol–water partition coefficient (Wildman–Crippen LogP) is 4.53. The van der Waals surface area contributed by atoms with Gasteiger partial charge in [0.2, 0.25) is 0 Å². The summed E-state index contributed by atoms with van der Waals surface area (Å²) in [7, 11) is 2.35. The Hall–Kier alpha value is -0.130. The summed E-state index contributed by atoms with van der Waals surface area (Å²) in [4.78, 5) is 0. The van der Waals surface area contributed by atoms with Gasteiger partial charge in [-0.1, -0.05) is 53.7 Å². The van der Waals surface area contributed by atoms with E-state index in [9.17, 15) is 0 Å². The van der Waals surface area contributed by atoms with Gasteiger partial charge < -0.3 is 4.52 Å². The molecule has 0 aromatic rings. The van der Waals surface area contributed by atoms with Gasteiger partial charge in [-0.15, -0.1) is 0 Å². The monoisotopic (exact) mass is 239 g/mol. The first kappa shape index (κ1) is 13.9. The van der Waals surface area contributed by atoms with Crippen LogP contribution in [-0.4, -0.2) is 0 Å². The first-order valence-corrected chi connectivity index (χ1v) is 6.27. The van der Waals surface area contributed by atoms with Crippen molar-refractivity contribution >= 4 is 9.47 Å². The van der Waals surface area contributed by atoms with Crippen molar-refractivity contribution in [2.24, 2.45) is 16.7 Å². The molecule has 0 amide bonds. The van der Waals surface area contributed by atoms with E-state index in [0.29, 0.717) is 5.92 Å². The Balaban J connectivity index is 3.04. The molecule has 2 atom stereocenters. The van der Waals surface area contributed by atoms with Crippen molar-refractivity contribution in [3.8, 4) is 0 Å². The fraction of sp³-hybridized carbons (Fsp3) is 0.643. The van der Waals surface area contributed by atoms with Gasteiger partial charge in [0.1, 0.15) is 6.10 Å². The normalized spacial score (nSPS) is 23.4. The van der Waals surface area contributed by atoms with Gasteiger partial charge in [0.05, 0.1) is 0 Å². The third-order valence-corrected chi connectivity index (χ3v) is 3.29. The Kier molecular flexibility index (Phi) is 4.03. The molecule has 1 nitrogen and oxygen atoms in total. The topological polar surface area (TPSA) is 9.23 Å². The first-order chi connectivity index (χ1) is 7.16. The highest BCUT2D eigenvalue weighted by molar-refractivity contribution is 7.10. The summed E-state index contributed by atoms with van der Waals surface area (Å²) in [5.74, 6) is 0.351. The van der Waals surface area contributed by atoms with Crippen LogP contribution in [0.3, 0.4) is 0 Å². The van der Waals surface area contributed by atoms with Crippen molar-refractivity contribution in [3.63, 3.8) is 0 Å². The van der Waals surface area contributed by atoms with E-state index in [4.69, 9.17) is 4.52 Å². The van der Waals surface area contributed by atoms with E-state index in [-0.39, 0.29) is 10.8 Å². The lowest BCUT2D eigenvalue weighted by Crippen LogP contribution is -2.28. The second kappa shape index (κ2) is 4.63. The highest BCUT2D eigenvalue weighted by Crippen LogP contribution is 2.43. The molecule has 2 unspecified atom stereocenters. The molecular formula is C14H24OP. The minimum Gasteiger partial charge on any atom is -0.351 e. The molecule has 0 saturated carbocycles. The quantitative estimate of drug-likeness (QED) is 0.611. The second-order valence-corrected chi connectivity index (χ2v) is 6.80. The lowest BCUT2D eigenvalue weighted by atomic mass is 9.71. The van der Waals surface area contributed by atoms with Crippen molar-refractivity contribution < 1.29 is 4.52 Å². The smallest absolute Gasteiger partial charge is 0.130 e. The summed E-state index contributed by atoms with van der Waals surface area (Å²) >= 11 is 0. The molecule has 0 aromatic heterocycles. The van der Waals surface area contributed by atoms with Crippen LogP contribution in [-0.2, 0) is 4.52 Å². The van der Waals surface area contributed by atoms with E-state index in [2.05, 4.69) is 69.2 Å². The highest BCUT2D eigenvalue weighted by Gasteiger charge is 2.34. The fourth-order valence-corrected chi connectivity index (χ4v) is 2.11. The van der Waals surface area contributed by atoms with Gasteiger partial charge in [0.15, 0.2) is 0 Å². The molecular weight excluding hydrogens is 215 g/mol. The van der Waals surface area contributed by atoms with Crippen molar-refractivity contribution in [2.75, 3.05) is 0 Å². The Labute approximate surface area is 103 Å². The first-order valence-electron chi connectivity index (χ1n) is 5.80. The van der Waals surface area contributed by atoms with Crippen molar-refractivity contribution in [3.05, 3.63) is 29.9 Å². The summed E-state index contributed by atoms with van der Waals surface area (Å²) in [5.41, 5.74) is 1.78. The molecule has 1 radical (unpaired) electrons. The lowest BCUT2D eigenvalue weighted by molar-refractivity contribution is 0.220. The zero-order valence-electron chi connectivity index (χ0n) is 11.3. The molecule has 0 fully saturated rings. The van der Waals surface area contributed by atoms with Crippen LogP contribution in [0.5, 0.6) is 0 Å². The molecule has 0 N–H and O–H groups in total. The average Bonchev–Trinajstić information content (AvgIpc) is 2.14. The fourth-order valence-electron chi connectivity index (χ4n) is 1.88. The molecule has 0 heterocycles. The molecule has 2 heteroatoms. The zero-order valence-corrected chi connectivity index (χ0v) is 12.4. The Morgan fingerprint density at radius 1 is 1.06 bits per heavy atom. The predicted molar refractivity (Wildman–Crippen MR) is 73.7 cm³/mol. The molecule has 0 aliphatic heterocycles. The Bertz CT molecular complexity index is 302. The van der Waals surface area contributed by atoms with E-state index in [1.807, 2.05) is 0 Å². The van der Waals surface area contributed by atoms with Gasteiger partial charge >= 0.3 is 0 Å². The highest BCUT2D eigenvalue weighted by atomic mass is 31.0. The van der Waals surface area contributed by atoms with Gasteiger partial charge in [-0.25, -0.2) is 0 Å². The van der Waals surface area contributed by atoms with E-state index >= 15 is 0 Å². The molecule has 0 bridgehead atoms. The average molecular weight is 239 g/mol. The third-order valence-electron chi connectivity index (χ3n) is 3.02. The number of allylic oxidation sites excluding steroid dienone is 2. The Morgan fingerprint density at radius 3 is 2.00 bits per heavy atom. The number of rotatable bonds is 1. The molecule has 0 spiro atoms. The number of hydrogen-bond donors (Lipinski definition) is 0. The van der Waals surface area contributed by atoms with Crippen LogP contribution < -0.4 is 0 Å². The minimum atomic E-state index is 0.188. The SMILES string of the molecule is CC(C)(C)C1=CC(C(C)(C)C)[C](OP)C=C1. The van der Waals surface area contributed by atoms with Crippen molar-refractivity contribution in [2.45, 2.75) is 41.5 Å². The van der Waals surface area contributed by atoms with E-state index in [0.717, 1.165) is 6.10 Å². The second-order valence-electron chi connectivity index (χ2n) is 6.57. The standard InChI is InChI=1S/C14H24OP/c1-13(2,3)10-7-8-12(15-16)11(9-10)14(4,5)6/h7-9,11H,16H2,1-6H3. The van der Waals surface area contributed by atoms with E-state index in [1.54, 1.807) is 0 Å². The molecule has 91 valence electrons. The van der Waals surface area contributed by atoms with Gasteiger partial charge in [-0.2, -0.15) is 0 Å². The lowest BCUT2D eigenvalue weighted by Gasteiger charge is -2.36. The molecule has 0 saturated heterocycles. The van der Waals surface area contributed by atoms with Crippen LogP contribution in [0.25, 0.3) is 0 Å². The van der Waals surface area contributed by atoms with Gasteiger partial charge in [0, 0.05) is 15.4 Å². The summed E-state index contributed by atoms with van der Waals surface area (Å²) in [6.07, 6.45) is 7.65. The Morgan fingerprint density at radius 2 is 1.62 bits per heavy atom. The maximum absolute atomic E-state index is 5.39. The summed E-state index contributed by atoms with van der Waals surface area (Å²) in [6, 6.07) is 0. The van der Waals surface area contributed by atoms with Gasteiger partial charge in [-0.3, -0.25) is 0 Å². The van der Waals surface area contributed by atoms with Crippen LogP contribution in [0, 0.1) is 22.9 Å². The van der Waals surface area contributed by atoms with Crippen LogP contribution in [0.2, 0.25) is 0 Å². The molecule has 16 heavy (non-hydrogen) atoms. The van der Waals surface area contributed by atoms with E-state index in [1.165, 1.54) is 5.57 Å². The maximum atomic E-state index is 5.39. The van der Waals surface area contributed by atoms with Gasteiger partial charge in [-0.05, 0) is 22.5 Å². The molecule has 0 aromatic carbocycles. The largest absolute Gasteiger partial charge is 0.351 e. The maximum Gasteiger partial charge on any atom is 0.130 e. The number of hydrogen-bond acceptors (Lipinski definition) is 1. The molecule has 1 aliphatic carbocycles. The van der Waals surface area contributed by atoms with Crippen molar-refractivity contribution in [1.29, 1.82) is 0 Å². The van der Waals surface area contributed by atoms with Crippen LogP contribution >= 0.6 is 9.47 Å². The third kappa shape index (κ3) is 3.18. The molecule has 1 aliphatic rings. The van der Waals surface area contributed by atoms with Crippen LogP contribution in [0.15, 0.2) is 23.8 Å². The zero-order chi connectivity index (χ0) is 12.6. The van der Waals surface area contributed by atoms with Gasteiger partial charge in [0.25, 0.3) is 0 Å². The van der Waals surface area contributed by atoms with Crippen LogP contribution in [0.1, 0.15) is 41.5 Å². The summed E-state index contributed by atoms with van der Waals surface area (Å²) in [5, 5.41) is 0. The van der Waals surface area contributed by atoms with Crippen LogP contribution in [0.4, 0.5) is 0 Å². The molecule has 1 rings (SSSR count). The summed E-state index contributed by atoms with van der Waals surface area (Å²) < 4.78 is 5.39.